The molecule has 3 aliphatic heterocycles. The summed E-state index contributed by atoms with van der Waals surface area (Å²) in [4.78, 5) is 0. The fourth-order valence-corrected chi connectivity index (χ4v) is 4.26. The average molecular weight is 535 g/mol. The standard InChI is InChI=1S/C22H40O6.C6H14O3/c1-5-9-22(26-16-19(6-2)10-23-11-19,27-17-20(7-3)12-24-13-20)28-18-21(8-4)14-25-15-21;1-2-6(3-7,4-8)5-9/h5-18H2,1-4H3;7-9H,2-5H2,1H3. The second-order valence-corrected chi connectivity index (χ2v) is 11.7. The second-order valence-electron chi connectivity index (χ2n) is 11.7. The van der Waals surface area contributed by atoms with Crippen molar-refractivity contribution in [1.82, 2.24) is 0 Å². The maximum atomic E-state index is 8.66. The molecule has 3 saturated heterocycles. The molecule has 3 fully saturated rings. The van der Waals surface area contributed by atoms with Gasteiger partial charge in [0.05, 0.1) is 79.3 Å². The van der Waals surface area contributed by atoms with Crippen LogP contribution in [0.5, 0.6) is 0 Å². The van der Waals surface area contributed by atoms with Crippen molar-refractivity contribution >= 4 is 0 Å². The molecular weight excluding hydrogens is 480 g/mol. The van der Waals surface area contributed by atoms with Crippen LogP contribution in [0.25, 0.3) is 0 Å². The van der Waals surface area contributed by atoms with Crippen LogP contribution < -0.4 is 0 Å². The Bertz CT molecular complexity index is 527. The summed E-state index contributed by atoms with van der Waals surface area (Å²) in [6.45, 7) is 16.4. The fraction of sp³-hybridized carbons (Fsp3) is 1.00. The van der Waals surface area contributed by atoms with E-state index in [4.69, 9.17) is 43.7 Å². The molecule has 0 aromatic heterocycles. The van der Waals surface area contributed by atoms with Crippen LogP contribution in [0.2, 0.25) is 0 Å². The number of aliphatic hydroxyl groups is 3. The third-order valence-electron chi connectivity index (χ3n) is 8.81. The molecule has 0 radical (unpaired) electrons. The van der Waals surface area contributed by atoms with E-state index < -0.39 is 11.4 Å². The van der Waals surface area contributed by atoms with Gasteiger partial charge in [-0.3, -0.25) is 0 Å². The van der Waals surface area contributed by atoms with Gasteiger partial charge in [0.25, 0.3) is 5.97 Å². The molecule has 0 aromatic carbocycles. The molecule has 0 unspecified atom stereocenters. The lowest BCUT2D eigenvalue weighted by molar-refractivity contribution is -0.414. The lowest BCUT2D eigenvalue weighted by Gasteiger charge is -2.48. The van der Waals surface area contributed by atoms with Crippen molar-refractivity contribution in [2.45, 2.75) is 79.1 Å². The molecule has 9 heteroatoms. The maximum absolute atomic E-state index is 8.66. The van der Waals surface area contributed by atoms with Crippen molar-refractivity contribution in [3.63, 3.8) is 0 Å². The first-order valence-electron chi connectivity index (χ1n) is 14.2. The van der Waals surface area contributed by atoms with Crippen molar-refractivity contribution in [3.05, 3.63) is 0 Å². The zero-order chi connectivity index (χ0) is 27.5. The molecule has 9 nitrogen and oxygen atoms in total. The molecule has 0 spiro atoms. The normalized spacial score (nSPS) is 21.7. The maximum Gasteiger partial charge on any atom is 0.282 e. The first-order chi connectivity index (χ1) is 17.7. The second kappa shape index (κ2) is 14.9. The number of ether oxygens (including phenoxy) is 6. The highest BCUT2D eigenvalue weighted by Crippen LogP contribution is 2.39. The number of aliphatic hydroxyl groups excluding tert-OH is 3. The van der Waals surface area contributed by atoms with E-state index in [2.05, 4.69) is 27.7 Å². The smallest absolute Gasteiger partial charge is 0.282 e. The lowest BCUT2D eigenvalue weighted by atomic mass is 9.84. The van der Waals surface area contributed by atoms with Crippen LogP contribution in [-0.4, -0.2) is 101 Å². The third kappa shape index (κ3) is 8.32. The lowest BCUT2D eigenvalue weighted by Crippen LogP contribution is -2.55. The quantitative estimate of drug-likeness (QED) is 0.228. The highest BCUT2D eigenvalue weighted by Gasteiger charge is 2.47. The summed E-state index contributed by atoms with van der Waals surface area (Å²) in [5.41, 5.74) is -0.388. The largest absolute Gasteiger partial charge is 0.396 e. The first kappa shape index (κ1) is 32.8. The Morgan fingerprint density at radius 3 is 1.05 bits per heavy atom. The van der Waals surface area contributed by atoms with E-state index in [1.807, 2.05) is 6.92 Å². The zero-order valence-corrected chi connectivity index (χ0v) is 24.0. The van der Waals surface area contributed by atoms with Crippen molar-refractivity contribution in [2.24, 2.45) is 21.7 Å². The van der Waals surface area contributed by atoms with E-state index in [-0.39, 0.29) is 36.1 Å². The van der Waals surface area contributed by atoms with E-state index in [1.54, 1.807) is 0 Å². The first-order valence-corrected chi connectivity index (χ1v) is 14.2. The van der Waals surface area contributed by atoms with Crippen LogP contribution in [0.15, 0.2) is 0 Å². The average Bonchev–Trinajstić information content (AvgIpc) is 2.85. The Labute approximate surface area is 224 Å². The molecule has 37 heavy (non-hydrogen) atoms. The predicted octanol–water partition coefficient (Wildman–Crippen LogP) is 3.13. The summed E-state index contributed by atoms with van der Waals surface area (Å²) in [7, 11) is 0. The molecule has 0 atom stereocenters. The topological polar surface area (TPSA) is 116 Å². The van der Waals surface area contributed by atoms with Crippen LogP contribution in [0, 0.1) is 21.7 Å². The van der Waals surface area contributed by atoms with Gasteiger partial charge in [-0.05, 0) is 32.1 Å². The van der Waals surface area contributed by atoms with Gasteiger partial charge < -0.3 is 43.7 Å². The fourth-order valence-electron chi connectivity index (χ4n) is 4.26. The van der Waals surface area contributed by atoms with Crippen LogP contribution in [0.4, 0.5) is 0 Å². The molecule has 0 aliphatic carbocycles. The number of hydrogen-bond donors (Lipinski definition) is 3. The molecule has 0 bridgehead atoms. The minimum atomic E-state index is -0.998. The van der Waals surface area contributed by atoms with Crippen LogP contribution in [0.1, 0.15) is 73.1 Å². The number of rotatable bonds is 18. The molecule has 0 aromatic rings. The molecular formula is C28H54O9. The molecule has 3 aliphatic rings. The Morgan fingerprint density at radius 1 is 0.595 bits per heavy atom. The van der Waals surface area contributed by atoms with Crippen LogP contribution >= 0.6 is 0 Å². The van der Waals surface area contributed by atoms with E-state index in [1.165, 1.54) is 0 Å². The van der Waals surface area contributed by atoms with Crippen molar-refractivity contribution in [3.8, 4) is 0 Å². The SMILES string of the molecule is CCC(CO)(CO)CO.CCCC(OCC1(CC)COC1)(OCC1(CC)COC1)OCC1(CC)COC1. The van der Waals surface area contributed by atoms with Crippen molar-refractivity contribution in [2.75, 3.05) is 79.3 Å². The van der Waals surface area contributed by atoms with E-state index in [0.29, 0.717) is 26.2 Å². The molecule has 0 amide bonds. The molecule has 3 rings (SSSR count). The minimum absolute atomic E-state index is 0.0930. The van der Waals surface area contributed by atoms with Gasteiger partial charge in [0, 0.05) is 28.1 Å². The van der Waals surface area contributed by atoms with Gasteiger partial charge in [0.1, 0.15) is 0 Å². The van der Waals surface area contributed by atoms with Crippen molar-refractivity contribution in [1.29, 1.82) is 0 Å². The number of hydrogen-bond acceptors (Lipinski definition) is 9. The Kier molecular flexibility index (Phi) is 13.2. The van der Waals surface area contributed by atoms with Gasteiger partial charge in [-0.2, -0.15) is 0 Å². The van der Waals surface area contributed by atoms with Gasteiger partial charge in [0.15, 0.2) is 0 Å². The Hall–Kier alpha value is -0.360. The van der Waals surface area contributed by atoms with Gasteiger partial charge in [-0.15, -0.1) is 0 Å². The van der Waals surface area contributed by atoms with Gasteiger partial charge in [-0.1, -0.05) is 34.6 Å². The van der Waals surface area contributed by atoms with E-state index in [9.17, 15) is 0 Å². The van der Waals surface area contributed by atoms with Crippen LogP contribution in [0.3, 0.4) is 0 Å². The summed E-state index contributed by atoms with van der Waals surface area (Å²) in [6.07, 6.45) is 5.35. The Morgan fingerprint density at radius 2 is 0.919 bits per heavy atom. The minimum Gasteiger partial charge on any atom is -0.396 e. The summed E-state index contributed by atoms with van der Waals surface area (Å²) in [5, 5.41) is 26.0. The predicted molar refractivity (Wildman–Crippen MR) is 140 cm³/mol. The monoisotopic (exact) mass is 534 g/mol. The summed E-state index contributed by atoms with van der Waals surface area (Å²) in [6, 6.07) is 0. The van der Waals surface area contributed by atoms with E-state index in [0.717, 1.165) is 71.7 Å². The molecule has 0 saturated carbocycles. The molecule has 3 N–H and O–H groups in total. The highest BCUT2D eigenvalue weighted by molar-refractivity contribution is 4.88. The Balaban J connectivity index is 0.000000458. The molecule has 220 valence electrons. The van der Waals surface area contributed by atoms with Crippen LogP contribution in [-0.2, 0) is 28.4 Å². The van der Waals surface area contributed by atoms with E-state index >= 15 is 0 Å². The highest BCUT2D eigenvalue weighted by atomic mass is 16.9. The molecule has 3 heterocycles. The summed E-state index contributed by atoms with van der Waals surface area (Å²) >= 11 is 0. The van der Waals surface area contributed by atoms with Gasteiger partial charge in [0.2, 0.25) is 0 Å². The zero-order valence-electron chi connectivity index (χ0n) is 24.0. The van der Waals surface area contributed by atoms with Crippen molar-refractivity contribution < 1.29 is 43.7 Å². The third-order valence-corrected chi connectivity index (χ3v) is 8.81. The summed E-state index contributed by atoms with van der Waals surface area (Å²) < 4.78 is 35.9. The van der Waals surface area contributed by atoms with Gasteiger partial charge >= 0.3 is 0 Å². The summed E-state index contributed by atoms with van der Waals surface area (Å²) in [5.74, 6) is -0.998. The van der Waals surface area contributed by atoms with Gasteiger partial charge in [-0.25, -0.2) is 0 Å².